The summed E-state index contributed by atoms with van der Waals surface area (Å²) in [6, 6.07) is 1.98. The first kappa shape index (κ1) is 18.0. The Bertz CT molecular complexity index is 502. The molecule has 1 amide bonds. The monoisotopic (exact) mass is 321 g/mol. The molecule has 1 N–H and O–H groups in total. The Morgan fingerprint density at radius 1 is 1.39 bits per heavy atom. The average Bonchev–Trinajstić information content (AvgIpc) is 2.84. The van der Waals surface area contributed by atoms with E-state index in [0.717, 1.165) is 37.0 Å². The van der Waals surface area contributed by atoms with E-state index in [4.69, 9.17) is 4.42 Å². The second kappa shape index (κ2) is 7.97. The van der Waals surface area contributed by atoms with Crippen LogP contribution in [0.2, 0.25) is 0 Å². The molecular formula is C18H31N3O2. The van der Waals surface area contributed by atoms with Gasteiger partial charge in [0.1, 0.15) is 0 Å². The number of piperidine rings is 1. The number of amides is 1. The second-order valence-electron chi connectivity index (χ2n) is 7.55. The van der Waals surface area contributed by atoms with Crippen LogP contribution in [-0.4, -0.2) is 55.5 Å². The summed E-state index contributed by atoms with van der Waals surface area (Å²) in [4.78, 5) is 16.9. The molecule has 1 aliphatic heterocycles. The molecule has 0 spiro atoms. The highest BCUT2D eigenvalue weighted by atomic mass is 16.3. The zero-order valence-electron chi connectivity index (χ0n) is 15.1. The lowest BCUT2D eigenvalue weighted by molar-refractivity contribution is 0.0876. The summed E-state index contributed by atoms with van der Waals surface area (Å²) in [7, 11) is 3.96. The smallest absolute Gasteiger partial charge is 0.287 e. The van der Waals surface area contributed by atoms with Gasteiger partial charge in [-0.3, -0.25) is 4.79 Å². The van der Waals surface area contributed by atoms with Crippen LogP contribution in [0.1, 0.15) is 43.3 Å². The fourth-order valence-electron chi connectivity index (χ4n) is 3.66. The molecule has 2 heterocycles. The van der Waals surface area contributed by atoms with Gasteiger partial charge < -0.3 is 19.5 Å². The van der Waals surface area contributed by atoms with Crippen molar-refractivity contribution >= 4 is 5.91 Å². The lowest BCUT2D eigenvalue weighted by Crippen LogP contribution is -2.47. The van der Waals surface area contributed by atoms with E-state index >= 15 is 0 Å². The number of carbonyl (C=O) groups is 1. The summed E-state index contributed by atoms with van der Waals surface area (Å²) < 4.78 is 5.40. The highest BCUT2D eigenvalue weighted by molar-refractivity contribution is 5.93. The normalized spacial score (nSPS) is 23.9. The van der Waals surface area contributed by atoms with Crippen molar-refractivity contribution in [2.24, 2.45) is 11.8 Å². The standard InChI is InChI=1S/C18H31N3O2/c1-13-8-14(2)10-21(9-13)11-15(3)19-18(22)17-16(6-7-23-17)12-20(4)5/h6-7,13-15H,8-12H2,1-5H3,(H,19,22)/t13-,14+,15-/m0/s1. The van der Waals surface area contributed by atoms with Gasteiger partial charge in [0.25, 0.3) is 5.91 Å². The molecule has 3 atom stereocenters. The van der Waals surface area contributed by atoms with Crippen molar-refractivity contribution < 1.29 is 9.21 Å². The van der Waals surface area contributed by atoms with Crippen LogP contribution in [-0.2, 0) is 6.54 Å². The first-order valence-electron chi connectivity index (χ1n) is 8.59. The minimum atomic E-state index is -0.113. The minimum absolute atomic E-state index is 0.109. The van der Waals surface area contributed by atoms with Crippen molar-refractivity contribution in [3.8, 4) is 0 Å². The molecule has 1 aromatic rings. The summed E-state index contributed by atoms with van der Waals surface area (Å²) in [5.74, 6) is 1.79. The van der Waals surface area contributed by atoms with E-state index in [1.807, 2.05) is 25.1 Å². The Kier molecular flexibility index (Phi) is 6.25. The van der Waals surface area contributed by atoms with Gasteiger partial charge >= 0.3 is 0 Å². The number of nitrogens with zero attached hydrogens (tertiary/aromatic N) is 2. The van der Waals surface area contributed by atoms with Gasteiger partial charge in [-0.2, -0.15) is 0 Å². The molecule has 1 fully saturated rings. The molecule has 0 radical (unpaired) electrons. The molecule has 0 bridgehead atoms. The maximum Gasteiger partial charge on any atom is 0.287 e. The molecular weight excluding hydrogens is 290 g/mol. The lowest BCUT2D eigenvalue weighted by atomic mass is 9.92. The first-order chi connectivity index (χ1) is 10.8. The van der Waals surface area contributed by atoms with Crippen LogP contribution in [0.15, 0.2) is 16.7 Å². The Morgan fingerprint density at radius 3 is 2.65 bits per heavy atom. The zero-order chi connectivity index (χ0) is 17.0. The molecule has 0 aliphatic carbocycles. The fourth-order valence-corrected chi connectivity index (χ4v) is 3.66. The molecule has 23 heavy (non-hydrogen) atoms. The van der Waals surface area contributed by atoms with Gasteiger partial charge in [-0.25, -0.2) is 0 Å². The SMILES string of the molecule is C[C@@H]1C[C@H](C)CN(C[C@H](C)NC(=O)c2occc2CN(C)C)C1. The Hall–Kier alpha value is -1.33. The number of nitrogens with one attached hydrogen (secondary N) is 1. The lowest BCUT2D eigenvalue weighted by Gasteiger charge is -2.36. The van der Waals surface area contributed by atoms with Gasteiger partial charge in [-0.15, -0.1) is 0 Å². The highest BCUT2D eigenvalue weighted by Crippen LogP contribution is 2.21. The van der Waals surface area contributed by atoms with E-state index in [-0.39, 0.29) is 11.9 Å². The van der Waals surface area contributed by atoms with Gasteiger partial charge in [0.15, 0.2) is 5.76 Å². The third-order valence-corrected chi connectivity index (χ3v) is 4.29. The average molecular weight is 321 g/mol. The predicted octanol–water partition coefficient (Wildman–Crippen LogP) is 2.44. The topological polar surface area (TPSA) is 48.7 Å². The van der Waals surface area contributed by atoms with E-state index in [2.05, 4.69) is 31.0 Å². The summed E-state index contributed by atoms with van der Waals surface area (Å²) in [6.07, 6.45) is 2.89. The van der Waals surface area contributed by atoms with E-state index in [0.29, 0.717) is 12.3 Å². The number of hydrogen-bond donors (Lipinski definition) is 1. The number of furan rings is 1. The van der Waals surface area contributed by atoms with E-state index < -0.39 is 0 Å². The van der Waals surface area contributed by atoms with Gasteiger partial charge in [0.2, 0.25) is 0 Å². The molecule has 5 heteroatoms. The Morgan fingerprint density at radius 2 is 2.04 bits per heavy atom. The largest absolute Gasteiger partial charge is 0.459 e. The van der Waals surface area contributed by atoms with Crippen LogP contribution < -0.4 is 5.32 Å². The summed E-state index contributed by atoms with van der Waals surface area (Å²) in [5, 5.41) is 3.08. The van der Waals surface area contributed by atoms with Crippen molar-refractivity contribution in [1.82, 2.24) is 15.1 Å². The fraction of sp³-hybridized carbons (Fsp3) is 0.722. The van der Waals surface area contributed by atoms with Crippen molar-refractivity contribution in [1.29, 1.82) is 0 Å². The van der Waals surface area contributed by atoms with Gasteiger partial charge in [-0.05, 0) is 45.3 Å². The molecule has 5 nitrogen and oxygen atoms in total. The molecule has 1 aromatic heterocycles. The molecule has 0 saturated carbocycles. The number of rotatable bonds is 6. The van der Waals surface area contributed by atoms with E-state index in [1.54, 1.807) is 6.26 Å². The van der Waals surface area contributed by atoms with Gasteiger partial charge in [0, 0.05) is 37.8 Å². The Balaban J connectivity index is 1.88. The maximum absolute atomic E-state index is 12.4. The number of likely N-dealkylation sites (tertiary alicyclic amines) is 1. The molecule has 1 saturated heterocycles. The summed E-state index contributed by atoms with van der Waals surface area (Å²) in [6.45, 7) is 10.5. The van der Waals surface area contributed by atoms with Crippen LogP contribution in [0, 0.1) is 11.8 Å². The molecule has 130 valence electrons. The zero-order valence-corrected chi connectivity index (χ0v) is 15.1. The Labute approximate surface area is 140 Å². The minimum Gasteiger partial charge on any atom is -0.459 e. The second-order valence-corrected chi connectivity index (χ2v) is 7.55. The van der Waals surface area contributed by atoms with Gasteiger partial charge in [-0.1, -0.05) is 13.8 Å². The van der Waals surface area contributed by atoms with E-state index in [1.165, 1.54) is 6.42 Å². The predicted molar refractivity (Wildman–Crippen MR) is 92.4 cm³/mol. The third-order valence-electron chi connectivity index (χ3n) is 4.29. The first-order valence-corrected chi connectivity index (χ1v) is 8.59. The van der Waals surface area contributed by atoms with Gasteiger partial charge in [0.05, 0.1) is 6.26 Å². The number of carbonyl (C=O) groups excluding carboxylic acids is 1. The molecule has 1 aliphatic rings. The summed E-state index contributed by atoms with van der Waals surface area (Å²) in [5.41, 5.74) is 0.930. The number of hydrogen-bond acceptors (Lipinski definition) is 4. The van der Waals surface area contributed by atoms with Crippen molar-refractivity contribution in [3.05, 3.63) is 23.7 Å². The quantitative estimate of drug-likeness (QED) is 0.874. The van der Waals surface area contributed by atoms with Crippen LogP contribution in [0.3, 0.4) is 0 Å². The van der Waals surface area contributed by atoms with Crippen LogP contribution in [0.25, 0.3) is 0 Å². The van der Waals surface area contributed by atoms with Crippen LogP contribution >= 0.6 is 0 Å². The maximum atomic E-state index is 12.4. The molecule has 0 aromatic carbocycles. The van der Waals surface area contributed by atoms with E-state index in [9.17, 15) is 4.79 Å². The molecule has 2 rings (SSSR count). The van der Waals surface area contributed by atoms with Crippen molar-refractivity contribution in [2.45, 2.75) is 39.8 Å². The van der Waals surface area contributed by atoms with Crippen molar-refractivity contribution in [2.75, 3.05) is 33.7 Å². The van der Waals surface area contributed by atoms with Crippen LogP contribution in [0.4, 0.5) is 0 Å². The highest BCUT2D eigenvalue weighted by Gasteiger charge is 2.24. The molecule has 0 unspecified atom stereocenters. The van der Waals surface area contributed by atoms with Crippen LogP contribution in [0.5, 0.6) is 0 Å². The summed E-state index contributed by atoms with van der Waals surface area (Å²) >= 11 is 0. The third kappa shape index (κ3) is 5.36. The van der Waals surface area contributed by atoms with Crippen molar-refractivity contribution in [3.63, 3.8) is 0 Å².